The van der Waals surface area contributed by atoms with E-state index in [0.717, 1.165) is 95.9 Å². The molecule has 0 spiro atoms. The van der Waals surface area contributed by atoms with E-state index in [9.17, 15) is 47.8 Å². The van der Waals surface area contributed by atoms with Crippen LogP contribution in [0.5, 0.6) is 0 Å². The van der Waals surface area contributed by atoms with Gasteiger partial charge in [-0.15, -0.1) is 0 Å². The zero-order valence-electron chi connectivity index (χ0n) is 34.3. The Balaban J connectivity index is 1.40. The van der Waals surface area contributed by atoms with Crippen molar-refractivity contribution in [3.8, 4) is 12.1 Å². The molecule has 2 aromatic rings. The number of alkyl halides is 3. The quantitative estimate of drug-likeness (QED) is 0.0139. The van der Waals surface area contributed by atoms with Crippen LogP contribution in [0.2, 0.25) is 0 Å². The lowest BCUT2D eigenvalue weighted by Gasteiger charge is -2.26. The number of nitrogens with one attached hydrogen (secondary N) is 2. The van der Waals surface area contributed by atoms with E-state index in [2.05, 4.69) is 9.98 Å². The summed E-state index contributed by atoms with van der Waals surface area (Å²) in [5.74, 6) is -0.689. The minimum atomic E-state index is -4.96. The number of benzene rings is 1. The van der Waals surface area contributed by atoms with Crippen molar-refractivity contribution >= 4 is 20.0 Å². The average molecular weight is 887 g/mol. The van der Waals surface area contributed by atoms with Crippen LogP contribution >= 0.6 is 7.82 Å². The van der Waals surface area contributed by atoms with Crippen LogP contribution in [0.15, 0.2) is 35.3 Å². The van der Waals surface area contributed by atoms with E-state index in [1.54, 1.807) is 6.07 Å². The van der Waals surface area contributed by atoms with Crippen LogP contribution in [0.3, 0.4) is 0 Å². The van der Waals surface area contributed by atoms with E-state index >= 15 is 0 Å². The number of aliphatic imine (C=N–C) groups is 1. The largest absolute Gasteiger partial charge is 0.472 e. The molecule has 3 rings (SSSR count). The van der Waals surface area contributed by atoms with Crippen molar-refractivity contribution in [2.75, 3.05) is 26.4 Å². The van der Waals surface area contributed by atoms with Gasteiger partial charge in [-0.1, -0.05) is 83.5 Å². The zero-order chi connectivity index (χ0) is 44.7. The Morgan fingerprint density at radius 1 is 0.967 bits per heavy atom. The number of nitrogens with zero attached hydrogens (tertiary/aromatic N) is 3. The Morgan fingerprint density at radius 2 is 1.57 bits per heavy atom. The van der Waals surface area contributed by atoms with Gasteiger partial charge in [0.2, 0.25) is 5.60 Å². The van der Waals surface area contributed by atoms with Crippen molar-refractivity contribution in [3.63, 3.8) is 0 Å². The third-order valence-electron chi connectivity index (χ3n) is 10.1. The highest BCUT2D eigenvalue weighted by Gasteiger charge is 2.57. The van der Waals surface area contributed by atoms with Gasteiger partial charge in [0.1, 0.15) is 55.1 Å². The monoisotopic (exact) mass is 886 g/mol. The van der Waals surface area contributed by atoms with Crippen molar-refractivity contribution in [2.24, 2.45) is 10.7 Å². The number of aliphatic hydroxyl groups excluding tert-OH is 2. The molecule has 340 valence electrons. The summed E-state index contributed by atoms with van der Waals surface area (Å²) in [6.45, 7) is -1.44. The number of aliphatic hydroxyl groups is 2. The number of rotatable bonds is 31. The van der Waals surface area contributed by atoms with Crippen LogP contribution in [-0.2, 0) is 34.4 Å². The minimum Gasteiger partial charge on any atom is -0.387 e. The van der Waals surface area contributed by atoms with E-state index in [0.29, 0.717) is 18.6 Å². The minimum absolute atomic E-state index is 0.0451. The van der Waals surface area contributed by atoms with Crippen LogP contribution in [0.1, 0.15) is 131 Å². The fraction of sp³-hybridized carbons (Fsp3) is 0.659. The van der Waals surface area contributed by atoms with Gasteiger partial charge in [0.05, 0.1) is 37.1 Å². The Bertz CT molecular complexity index is 1790. The van der Waals surface area contributed by atoms with E-state index in [-0.39, 0.29) is 42.4 Å². The first kappa shape index (κ1) is 51.6. The highest BCUT2D eigenvalue weighted by atomic mass is 31.2. The molecule has 1 aromatic carbocycles. The maximum atomic E-state index is 14.1. The summed E-state index contributed by atoms with van der Waals surface area (Å²) in [7, 11) is -4.96. The van der Waals surface area contributed by atoms with Crippen LogP contribution in [-0.4, -0.2) is 88.8 Å². The number of nitrogens with two attached hydrogens (primary N) is 1. The molecule has 20 heteroatoms. The standard InChI is InChI=1S/C41H59F4N6O9P/c42-32-21-30(23-46)20-31(22-32)24-57-33(25-56-19-15-13-11-9-7-5-3-1-2-4-6-8-10-12-14-18-41(43,44)45)26-58-61(54,55)59-28-40(27-47)38(53)36(52)37(60-40)34-16-17-35(51-34)39(49)50-29-48/h16-17,20-22,29,33,36-38,51-53H,1-15,18-19,24-26,28H2,(H,54,55)(H3,48,49,50)/t33-,36+,37+,38+,40-/m1/s1. The van der Waals surface area contributed by atoms with E-state index in [4.69, 9.17) is 34.4 Å². The number of phosphoric ester groups is 1. The molecule has 0 bridgehead atoms. The molecule has 0 saturated carbocycles. The summed E-state index contributed by atoms with van der Waals surface area (Å²) in [6, 6.07) is 10.2. The fourth-order valence-electron chi connectivity index (χ4n) is 6.76. The van der Waals surface area contributed by atoms with Gasteiger partial charge in [-0.2, -0.15) is 23.7 Å². The summed E-state index contributed by atoms with van der Waals surface area (Å²) in [5, 5.41) is 47.8. The molecule has 1 aromatic heterocycles. The molecule has 0 radical (unpaired) electrons. The topological polar surface area (TPSA) is 250 Å². The van der Waals surface area contributed by atoms with Gasteiger partial charge in [0, 0.05) is 18.7 Å². The van der Waals surface area contributed by atoms with Gasteiger partial charge in [-0.25, -0.2) is 13.9 Å². The molecule has 7 N–H and O–H groups in total. The Hall–Kier alpha value is -3.75. The van der Waals surface area contributed by atoms with Gasteiger partial charge >= 0.3 is 14.0 Å². The number of ether oxygens (including phenoxy) is 3. The van der Waals surface area contributed by atoms with Gasteiger partial charge in [-0.05, 0) is 48.7 Å². The lowest BCUT2D eigenvalue weighted by atomic mass is 9.96. The van der Waals surface area contributed by atoms with Crippen molar-refractivity contribution in [1.29, 1.82) is 15.9 Å². The van der Waals surface area contributed by atoms with Gasteiger partial charge in [0.15, 0.2) is 0 Å². The van der Waals surface area contributed by atoms with E-state index in [1.807, 2.05) is 6.07 Å². The number of hydrogen-bond acceptors (Lipinski definition) is 11. The van der Waals surface area contributed by atoms with Crippen LogP contribution < -0.4 is 5.73 Å². The SMILES string of the molecule is N#Cc1cc(F)cc(CO[C@H](COCCCCCCCCCCCCCCCCCC(F)(F)F)COP(=O)(O)OC[C@@]2(C#N)O[C@@H](c3ccc(C(N)=NC=N)[nH]3)[C@H](O)[C@@H]2O)c1. The molecule has 61 heavy (non-hydrogen) atoms. The second kappa shape index (κ2) is 26.7. The van der Waals surface area contributed by atoms with Crippen LogP contribution in [0.4, 0.5) is 17.6 Å². The maximum absolute atomic E-state index is 14.1. The van der Waals surface area contributed by atoms with Gasteiger partial charge in [0.25, 0.3) is 0 Å². The van der Waals surface area contributed by atoms with Gasteiger partial charge < -0.3 is 40.0 Å². The molecule has 1 aliphatic rings. The van der Waals surface area contributed by atoms with Gasteiger partial charge in [-0.3, -0.25) is 14.5 Å². The van der Waals surface area contributed by atoms with E-state index < -0.39 is 69.5 Å². The maximum Gasteiger partial charge on any atom is 0.472 e. The van der Waals surface area contributed by atoms with E-state index in [1.165, 1.54) is 24.3 Å². The number of hydrogen-bond donors (Lipinski definition) is 6. The number of nitriles is 2. The number of halogens is 4. The summed E-state index contributed by atoms with van der Waals surface area (Å²) < 4.78 is 91.3. The molecule has 1 aliphatic heterocycles. The fourth-order valence-corrected chi connectivity index (χ4v) is 7.54. The third-order valence-corrected chi connectivity index (χ3v) is 11.1. The third kappa shape index (κ3) is 19.0. The first-order valence-corrected chi connectivity index (χ1v) is 22.2. The Morgan fingerprint density at radius 3 is 2.15 bits per heavy atom. The molecule has 0 aliphatic carbocycles. The molecule has 1 unspecified atom stereocenters. The smallest absolute Gasteiger partial charge is 0.387 e. The Labute approximate surface area is 354 Å². The summed E-state index contributed by atoms with van der Waals surface area (Å²) >= 11 is 0. The highest BCUT2D eigenvalue weighted by Crippen LogP contribution is 2.47. The molecule has 1 saturated heterocycles. The second-order valence-corrected chi connectivity index (χ2v) is 16.6. The molecule has 2 heterocycles. The first-order valence-electron chi connectivity index (χ1n) is 20.7. The summed E-state index contributed by atoms with van der Waals surface area (Å²) in [4.78, 5) is 17.0. The first-order chi connectivity index (χ1) is 29.1. The molecule has 15 nitrogen and oxygen atoms in total. The number of H-pyrrole nitrogens is 1. The lowest BCUT2D eigenvalue weighted by molar-refractivity contribution is -0.135. The van der Waals surface area contributed by atoms with Crippen LogP contribution in [0, 0.1) is 33.9 Å². The van der Waals surface area contributed by atoms with Crippen molar-refractivity contribution in [2.45, 2.75) is 146 Å². The molecule has 1 fully saturated rings. The number of unbranched alkanes of at least 4 members (excludes halogenated alkanes) is 14. The van der Waals surface area contributed by atoms with Crippen molar-refractivity contribution in [3.05, 3.63) is 58.7 Å². The normalized spacial score (nSPS) is 20.9. The number of phosphoric acid groups is 1. The van der Waals surface area contributed by atoms with Crippen molar-refractivity contribution in [1.82, 2.24) is 4.98 Å². The predicted octanol–water partition coefficient (Wildman–Crippen LogP) is 7.93. The van der Waals surface area contributed by atoms with Crippen molar-refractivity contribution < 1.29 is 60.5 Å². The summed E-state index contributed by atoms with van der Waals surface area (Å²) in [6.07, 6.45) is 4.57. The van der Waals surface area contributed by atoms with Crippen LogP contribution in [0.25, 0.3) is 0 Å². The molecule has 6 atom stereocenters. The summed E-state index contributed by atoms with van der Waals surface area (Å²) in [5.41, 5.74) is 4.36. The molecular weight excluding hydrogens is 827 g/mol. The highest BCUT2D eigenvalue weighted by molar-refractivity contribution is 7.47. The zero-order valence-corrected chi connectivity index (χ0v) is 35.2. The number of aromatic nitrogens is 1. The number of aromatic amines is 1. The molecule has 0 amide bonds. The average Bonchev–Trinajstić information content (AvgIpc) is 3.81. The Kier molecular flexibility index (Phi) is 22.6. The lowest BCUT2D eigenvalue weighted by Crippen LogP contribution is -2.45. The number of amidine groups is 1. The molecular formula is C41H59F4N6O9P. The second-order valence-electron chi connectivity index (χ2n) is 15.1. The predicted molar refractivity (Wildman–Crippen MR) is 217 cm³/mol.